The maximum atomic E-state index is 12.7. The third-order valence-electron chi connectivity index (χ3n) is 5.84. The van der Waals surface area contributed by atoms with Crippen LogP contribution in [0, 0.1) is 11.8 Å². The molecule has 0 spiro atoms. The molecule has 1 aliphatic carbocycles. The van der Waals surface area contributed by atoms with Crippen molar-refractivity contribution >= 4 is 40.6 Å². The first kappa shape index (κ1) is 19.0. The average Bonchev–Trinajstić information content (AvgIpc) is 3.42. The van der Waals surface area contributed by atoms with Crippen LogP contribution in [0.4, 0.5) is 5.82 Å². The lowest BCUT2D eigenvalue weighted by Crippen LogP contribution is -2.46. The third kappa shape index (κ3) is 3.41. The second kappa shape index (κ2) is 7.05. The number of amides is 2. The molecular weight excluding hydrogens is 400 g/mol. The van der Waals surface area contributed by atoms with Crippen LogP contribution in [0.5, 0.6) is 5.75 Å². The van der Waals surface area contributed by atoms with Gasteiger partial charge in [-0.2, -0.15) is 0 Å². The monoisotopic (exact) mass is 422 g/mol. The predicted octanol–water partition coefficient (Wildman–Crippen LogP) is 3.22. The molecule has 4 heterocycles. The van der Waals surface area contributed by atoms with Crippen molar-refractivity contribution in [1.29, 1.82) is 0 Å². The molecule has 0 aromatic carbocycles. The molecule has 1 saturated heterocycles. The maximum absolute atomic E-state index is 12.7. The van der Waals surface area contributed by atoms with Gasteiger partial charge in [-0.05, 0) is 55.4 Å². The Kier molecular flexibility index (Phi) is 4.47. The molecule has 154 valence electrons. The molecule has 2 unspecified atom stereocenters. The van der Waals surface area contributed by atoms with Gasteiger partial charge in [-0.1, -0.05) is 6.08 Å². The zero-order chi connectivity index (χ0) is 20.9. The Morgan fingerprint density at radius 1 is 1.37 bits per heavy atom. The highest BCUT2D eigenvalue weighted by Crippen LogP contribution is 2.41. The number of pyridine rings is 1. The van der Waals surface area contributed by atoms with Gasteiger partial charge in [0.15, 0.2) is 17.2 Å². The van der Waals surface area contributed by atoms with Crippen LogP contribution >= 0.6 is 11.3 Å². The fraction of sp³-hybridized carbons (Fsp3) is 0.364. The number of hydrogen-bond donors (Lipinski definition) is 1. The van der Waals surface area contributed by atoms with E-state index in [1.54, 1.807) is 49.6 Å². The number of thiazole rings is 1. The van der Waals surface area contributed by atoms with Crippen molar-refractivity contribution in [2.75, 3.05) is 18.4 Å². The van der Waals surface area contributed by atoms with E-state index in [4.69, 9.17) is 4.74 Å². The van der Waals surface area contributed by atoms with Gasteiger partial charge in [-0.25, -0.2) is 9.97 Å². The van der Waals surface area contributed by atoms with Gasteiger partial charge in [-0.3, -0.25) is 9.59 Å². The number of nitrogens with one attached hydrogen (secondary N) is 1. The quantitative estimate of drug-likeness (QED) is 0.768. The Labute approximate surface area is 178 Å². The Hall–Kier alpha value is -3.00. The van der Waals surface area contributed by atoms with Gasteiger partial charge in [0.2, 0.25) is 5.91 Å². The van der Waals surface area contributed by atoms with E-state index in [-0.39, 0.29) is 11.8 Å². The Morgan fingerprint density at radius 3 is 3.00 bits per heavy atom. The topological polar surface area (TPSA) is 84.4 Å². The summed E-state index contributed by atoms with van der Waals surface area (Å²) in [5, 5.41) is 5.84. The smallest absolute Gasteiger partial charge is 0.269 e. The maximum Gasteiger partial charge on any atom is 0.269 e. The summed E-state index contributed by atoms with van der Waals surface area (Å²) < 4.78 is 5.76. The van der Waals surface area contributed by atoms with E-state index < -0.39 is 5.60 Å². The second-order valence-corrected chi connectivity index (χ2v) is 9.31. The van der Waals surface area contributed by atoms with Crippen LogP contribution in [0.2, 0.25) is 0 Å². The van der Waals surface area contributed by atoms with Crippen molar-refractivity contribution < 1.29 is 14.3 Å². The summed E-state index contributed by atoms with van der Waals surface area (Å²) in [6, 6.07) is 1.79. The number of carbonyl (C=O) groups excluding carboxylic acids is 2. The highest BCUT2D eigenvalue weighted by molar-refractivity contribution is 7.10. The minimum Gasteiger partial charge on any atom is -0.474 e. The Balaban J connectivity index is 1.24. The van der Waals surface area contributed by atoms with E-state index in [2.05, 4.69) is 21.4 Å². The SMILES string of the molecule is CC1(C)Oc2cc(C=CC(=O)N3CC4C=C(c5nccs5)CC4C3)cnc2NC1=O. The van der Waals surface area contributed by atoms with Crippen molar-refractivity contribution in [2.45, 2.75) is 25.9 Å². The molecule has 0 radical (unpaired) electrons. The number of aromatic nitrogens is 2. The first-order valence-corrected chi connectivity index (χ1v) is 10.8. The van der Waals surface area contributed by atoms with Crippen molar-refractivity contribution in [3.05, 3.63) is 46.6 Å². The van der Waals surface area contributed by atoms with Crippen LogP contribution in [0.1, 0.15) is 30.8 Å². The van der Waals surface area contributed by atoms with E-state index in [1.807, 2.05) is 16.5 Å². The normalized spacial score (nSPS) is 24.3. The van der Waals surface area contributed by atoms with Gasteiger partial charge in [0, 0.05) is 36.9 Å². The van der Waals surface area contributed by atoms with Gasteiger partial charge < -0.3 is 15.0 Å². The lowest BCUT2D eigenvalue weighted by Gasteiger charge is -2.30. The molecule has 0 bridgehead atoms. The lowest BCUT2D eigenvalue weighted by molar-refractivity contribution is -0.129. The molecule has 1 N–H and O–H groups in total. The molecule has 0 saturated carbocycles. The van der Waals surface area contributed by atoms with Crippen LogP contribution in [-0.4, -0.2) is 45.4 Å². The molecule has 5 rings (SSSR count). The Morgan fingerprint density at radius 2 is 2.23 bits per heavy atom. The van der Waals surface area contributed by atoms with Gasteiger partial charge in [0.1, 0.15) is 5.01 Å². The fourth-order valence-electron chi connectivity index (χ4n) is 4.21. The van der Waals surface area contributed by atoms with Crippen molar-refractivity contribution in [1.82, 2.24) is 14.9 Å². The van der Waals surface area contributed by atoms with E-state index >= 15 is 0 Å². The summed E-state index contributed by atoms with van der Waals surface area (Å²) in [4.78, 5) is 35.2. The van der Waals surface area contributed by atoms with Gasteiger partial charge in [0.25, 0.3) is 5.91 Å². The minimum atomic E-state index is -0.953. The highest BCUT2D eigenvalue weighted by atomic mass is 32.1. The number of nitrogens with zero attached hydrogens (tertiary/aromatic N) is 3. The zero-order valence-electron chi connectivity index (χ0n) is 16.8. The summed E-state index contributed by atoms with van der Waals surface area (Å²) >= 11 is 1.67. The van der Waals surface area contributed by atoms with Gasteiger partial charge in [-0.15, -0.1) is 11.3 Å². The average molecular weight is 423 g/mol. The summed E-state index contributed by atoms with van der Waals surface area (Å²) in [5.41, 5.74) is 1.11. The number of carbonyl (C=O) groups is 2. The molecule has 1 fully saturated rings. The molecule has 7 nitrogen and oxygen atoms in total. The van der Waals surface area contributed by atoms with E-state index in [0.717, 1.165) is 30.1 Å². The second-order valence-electron chi connectivity index (χ2n) is 8.42. The van der Waals surface area contributed by atoms with Gasteiger partial charge in [0.05, 0.1) is 0 Å². The molecule has 30 heavy (non-hydrogen) atoms. The summed E-state index contributed by atoms with van der Waals surface area (Å²) in [6.07, 6.45) is 10.1. The molecular formula is C22H22N4O3S. The number of hydrogen-bond acceptors (Lipinski definition) is 6. The fourth-order valence-corrected chi connectivity index (χ4v) is 4.88. The third-order valence-corrected chi connectivity index (χ3v) is 6.69. The van der Waals surface area contributed by atoms with E-state index in [1.165, 1.54) is 5.57 Å². The summed E-state index contributed by atoms with van der Waals surface area (Å²) in [7, 11) is 0. The number of rotatable bonds is 3. The lowest BCUT2D eigenvalue weighted by atomic mass is 10.00. The molecule has 2 aliphatic heterocycles. The predicted molar refractivity (Wildman–Crippen MR) is 115 cm³/mol. The number of fused-ring (bicyclic) bond motifs is 2. The van der Waals surface area contributed by atoms with Crippen molar-refractivity contribution in [3.63, 3.8) is 0 Å². The van der Waals surface area contributed by atoms with Crippen molar-refractivity contribution in [2.24, 2.45) is 11.8 Å². The molecule has 8 heteroatoms. The molecule has 2 aromatic rings. The standard InChI is InChI=1S/C22H22N4O3S/c1-22(2)21(28)25-19-17(29-22)7-13(10-24-19)3-4-18(27)26-11-15-8-14(9-16(15)12-26)20-23-5-6-30-20/h3-8,10,15-16H,9,11-12H2,1-2H3,(H,24,25,28). The van der Waals surface area contributed by atoms with E-state index in [0.29, 0.717) is 23.4 Å². The van der Waals surface area contributed by atoms with Crippen LogP contribution in [0.3, 0.4) is 0 Å². The summed E-state index contributed by atoms with van der Waals surface area (Å²) in [6.45, 7) is 4.92. The van der Waals surface area contributed by atoms with Crippen LogP contribution in [-0.2, 0) is 9.59 Å². The zero-order valence-corrected chi connectivity index (χ0v) is 17.6. The molecule has 2 amide bonds. The number of allylic oxidation sites excluding steroid dienone is 1. The molecule has 3 aliphatic rings. The first-order chi connectivity index (χ1) is 14.4. The summed E-state index contributed by atoms with van der Waals surface area (Å²) in [5.74, 6) is 1.56. The van der Waals surface area contributed by atoms with Crippen LogP contribution in [0.15, 0.2) is 36.0 Å². The number of likely N-dealkylation sites (tertiary alicyclic amines) is 1. The molecule has 2 aromatic heterocycles. The van der Waals surface area contributed by atoms with Crippen LogP contribution < -0.4 is 10.1 Å². The minimum absolute atomic E-state index is 0.000806. The molecule has 2 atom stereocenters. The van der Waals surface area contributed by atoms with Crippen LogP contribution in [0.25, 0.3) is 11.6 Å². The highest BCUT2D eigenvalue weighted by Gasteiger charge is 2.38. The first-order valence-electron chi connectivity index (χ1n) is 9.97. The van der Waals surface area contributed by atoms with Gasteiger partial charge >= 0.3 is 0 Å². The Bertz CT molecular complexity index is 1070. The van der Waals surface area contributed by atoms with Crippen molar-refractivity contribution in [3.8, 4) is 5.75 Å². The largest absolute Gasteiger partial charge is 0.474 e. The number of ether oxygens (including phenoxy) is 1. The number of anilines is 1. The van der Waals surface area contributed by atoms with E-state index in [9.17, 15) is 9.59 Å².